The predicted octanol–water partition coefficient (Wildman–Crippen LogP) is 14.0. The maximum Gasteiger partial charge on any atom is 0.193 e. The summed E-state index contributed by atoms with van der Waals surface area (Å²) in [7, 11) is 6.48. The van der Waals surface area contributed by atoms with Gasteiger partial charge < -0.3 is 33.5 Å². The number of rotatable bonds is 20. The normalized spacial score (nSPS) is 14.1. The van der Waals surface area contributed by atoms with Crippen LogP contribution in [-0.2, 0) is 25.1 Å². The average Bonchev–Trinajstić information content (AvgIpc) is 3.15. The van der Waals surface area contributed by atoms with Gasteiger partial charge in [0.15, 0.2) is 5.78 Å². The summed E-state index contributed by atoms with van der Waals surface area (Å²) in [4.78, 5) is 15.1. The van der Waals surface area contributed by atoms with E-state index in [0.29, 0.717) is 92.3 Å². The molecule has 1 aliphatic carbocycles. The maximum atomic E-state index is 15.1. The van der Waals surface area contributed by atoms with Crippen molar-refractivity contribution in [3.63, 3.8) is 0 Å². The van der Waals surface area contributed by atoms with E-state index in [0.717, 1.165) is 44.9 Å². The molecule has 0 bridgehead atoms. The summed E-state index contributed by atoms with van der Waals surface area (Å²) >= 11 is 0. The monoisotopic (exact) mass is 847 g/mol. The van der Waals surface area contributed by atoms with Gasteiger partial charge in [0.2, 0.25) is 0 Å². The molecule has 0 spiro atoms. The van der Waals surface area contributed by atoms with Crippen LogP contribution >= 0.6 is 0 Å². The third-order valence-electron chi connectivity index (χ3n) is 11.3. The zero-order valence-corrected chi connectivity index (χ0v) is 41.5. The van der Waals surface area contributed by atoms with Gasteiger partial charge in [-0.1, -0.05) is 154 Å². The molecule has 2 aromatic carbocycles. The van der Waals surface area contributed by atoms with Crippen molar-refractivity contribution in [1.29, 1.82) is 0 Å². The Labute approximate surface area is 370 Å². The fourth-order valence-electron chi connectivity index (χ4n) is 8.55. The third kappa shape index (κ3) is 11.7. The Balaban J connectivity index is 2.91. The number of phenols is 1. The first kappa shape index (κ1) is 51.3. The van der Waals surface area contributed by atoms with E-state index < -0.39 is 21.7 Å². The molecule has 0 saturated heterocycles. The molecule has 2 aromatic rings. The number of ketones is 1. The van der Waals surface area contributed by atoms with Crippen molar-refractivity contribution in [2.45, 2.75) is 172 Å². The van der Waals surface area contributed by atoms with E-state index in [1.807, 2.05) is 59.7 Å². The van der Waals surface area contributed by atoms with Crippen LogP contribution in [0.5, 0.6) is 28.7 Å². The van der Waals surface area contributed by atoms with Crippen LogP contribution in [0.3, 0.4) is 0 Å². The average molecular weight is 847 g/mol. The lowest BCUT2D eigenvalue weighted by molar-refractivity contribution is -0.114. The van der Waals surface area contributed by atoms with E-state index in [2.05, 4.69) is 55.4 Å². The van der Waals surface area contributed by atoms with Crippen LogP contribution < -0.4 is 18.9 Å². The molecule has 0 unspecified atom stereocenters. The highest BCUT2D eigenvalue weighted by Crippen LogP contribution is 2.59. The van der Waals surface area contributed by atoms with Crippen molar-refractivity contribution >= 4 is 11.4 Å². The highest BCUT2D eigenvalue weighted by Gasteiger charge is 2.47. The fraction of sp³-hybridized carbons (Fsp3) is 0.642. The quantitative estimate of drug-likeness (QED) is 0.132. The number of methoxy groups -OCH3 is 4. The van der Waals surface area contributed by atoms with Gasteiger partial charge in [-0.15, -0.1) is 0 Å². The van der Waals surface area contributed by atoms with Crippen LogP contribution in [0.1, 0.15) is 183 Å². The van der Waals surface area contributed by atoms with Gasteiger partial charge in [-0.2, -0.15) is 0 Å². The standard InChI is InChI=1S/C53H82O8/c1-19-21-23-25-26-28-33-61-35-31-29-30-34(60-32-27-24-22-20-2)36(35)37(38-46(56-15)40(50(3,4)5)44(54)41(47(38)57-16)51(6,7)8)39-48(58-17)42(52(9,10)11)45(55)43(49(39)59-18)53(12,13)14/h29-31,54H,19-28,32-33H2,1-18H3. The number of hydrogen-bond acceptors (Lipinski definition) is 8. The molecule has 0 amide bonds. The lowest BCUT2D eigenvalue weighted by atomic mass is 9.68. The van der Waals surface area contributed by atoms with Gasteiger partial charge in [-0.25, -0.2) is 0 Å². The fourth-order valence-corrected chi connectivity index (χ4v) is 8.55. The van der Waals surface area contributed by atoms with Crippen LogP contribution in [0.2, 0.25) is 0 Å². The third-order valence-corrected chi connectivity index (χ3v) is 11.3. The summed E-state index contributed by atoms with van der Waals surface area (Å²) < 4.78 is 39.9. The van der Waals surface area contributed by atoms with Gasteiger partial charge in [0.25, 0.3) is 0 Å². The second kappa shape index (κ2) is 21.3. The molecule has 0 aromatic heterocycles. The maximum absolute atomic E-state index is 15.1. The van der Waals surface area contributed by atoms with Crippen molar-refractivity contribution in [2.75, 3.05) is 41.7 Å². The number of unbranched alkanes of at least 4 members (excludes halogenated alkanes) is 8. The van der Waals surface area contributed by atoms with E-state index >= 15 is 4.79 Å². The number of carbonyl (C=O) groups excluding carboxylic acids is 1. The van der Waals surface area contributed by atoms with Gasteiger partial charge in [-0.05, 0) is 46.6 Å². The van der Waals surface area contributed by atoms with Crippen molar-refractivity contribution in [1.82, 2.24) is 0 Å². The lowest BCUT2D eigenvalue weighted by Gasteiger charge is -2.38. The molecule has 1 N–H and O–H groups in total. The Morgan fingerprint density at radius 3 is 1.25 bits per heavy atom. The molecule has 0 fully saturated rings. The number of Topliss-reactive ketones (excluding diaryl/α,β-unsaturated/α-hetero) is 1. The molecule has 3 rings (SSSR count). The summed E-state index contributed by atoms with van der Waals surface area (Å²) in [6.07, 6.45) is 10.8. The van der Waals surface area contributed by atoms with Crippen molar-refractivity contribution in [3.8, 4) is 28.7 Å². The predicted molar refractivity (Wildman–Crippen MR) is 252 cm³/mol. The van der Waals surface area contributed by atoms with E-state index in [9.17, 15) is 5.11 Å². The number of allylic oxidation sites excluding steroid dienone is 2. The Kier molecular flexibility index (Phi) is 17.9. The summed E-state index contributed by atoms with van der Waals surface area (Å²) in [5, 5.41) is 12.5. The molecule has 0 saturated carbocycles. The number of aromatic hydroxyl groups is 1. The number of phenolic OH excluding ortho intramolecular Hbond substituents is 1. The number of benzene rings is 2. The molecule has 0 aliphatic heterocycles. The molecule has 0 atom stereocenters. The minimum absolute atomic E-state index is 0.108. The van der Waals surface area contributed by atoms with Gasteiger partial charge in [0.05, 0.1) is 58.4 Å². The molecule has 1 aliphatic rings. The SMILES string of the molecule is CCCCCCCCOc1cccc(OCCCCCC)c1C(=C1C(OC)=C(C(C)(C)C)C(=O)C(C(C)(C)C)=C1OC)c1c(OC)c(C(C)(C)C)c(O)c(C(C)(C)C)c1OC. The first-order valence-electron chi connectivity index (χ1n) is 22.8. The number of hydrogen-bond donors (Lipinski definition) is 1. The van der Waals surface area contributed by atoms with E-state index in [1.54, 1.807) is 28.4 Å². The van der Waals surface area contributed by atoms with Gasteiger partial charge in [-0.3, -0.25) is 4.79 Å². The molecule has 342 valence electrons. The summed E-state index contributed by atoms with van der Waals surface area (Å²) in [6.45, 7) is 30.0. The highest BCUT2D eigenvalue weighted by atomic mass is 16.5. The Bertz CT molecular complexity index is 1830. The topological polar surface area (TPSA) is 92.7 Å². The Hall–Kier alpha value is -4.07. The summed E-state index contributed by atoms with van der Waals surface area (Å²) in [5.74, 6) is 2.79. The van der Waals surface area contributed by atoms with Crippen LogP contribution in [0.25, 0.3) is 5.57 Å². The second-order valence-corrected chi connectivity index (χ2v) is 20.6. The zero-order chi connectivity index (χ0) is 46.1. The number of ether oxygens (including phenoxy) is 6. The van der Waals surface area contributed by atoms with Gasteiger partial charge >= 0.3 is 0 Å². The van der Waals surface area contributed by atoms with Crippen molar-refractivity contribution in [2.24, 2.45) is 10.8 Å². The first-order chi connectivity index (χ1) is 28.5. The molecular weight excluding hydrogens is 765 g/mol. The minimum atomic E-state index is -0.656. The van der Waals surface area contributed by atoms with E-state index in [1.165, 1.54) is 19.3 Å². The smallest absolute Gasteiger partial charge is 0.193 e. The largest absolute Gasteiger partial charge is 0.507 e. The van der Waals surface area contributed by atoms with Crippen molar-refractivity contribution < 1.29 is 38.3 Å². The van der Waals surface area contributed by atoms with Crippen LogP contribution in [0.4, 0.5) is 0 Å². The Morgan fingerprint density at radius 1 is 0.525 bits per heavy atom. The van der Waals surface area contributed by atoms with Gasteiger partial charge in [0, 0.05) is 27.8 Å². The molecule has 61 heavy (non-hydrogen) atoms. The summed E-state index contributed by atoms with van der Waals surface area (Å²) in [6, 6.07) is 5.95. The van der Waals surface area contributed by atoms with Gasteiger partial charge in [0.1, 0.15) is 40.3 Å². The molecule has 8 nitrogen and oxygen atoms in total. The van der Waals surface area contributed by atoms with Crippen LogP contribution in [0, 0.1) is 10.8 Å². The zero-order valence-electron chi connectivity index (χ0n) is 41.5. The van der Waals surface area contributed by atoms with E-state index in [-0.39, 0.29) is 11.5 Å². The van der Waals surface area contributed by atoms with Crippen LogP contribution in [-0.4, -0.2) is 52.5 Å². The lowest BCUT2D eigenvalue weighted by Crippen LogP contribution is -2.33. The number of carbonyl (C=O) groups is 1. The summed E-state index contributed by atoms with van der Waals surface area (Å²) in [5.41, 5.74) is 2.12. The molecule has 0 radical (unpaired) electrons. The van der Waals surface area contributed by atoms with E-state index in [4.69, 9.17) is 28.4 Å². The van der Waals surface area contributed by atoms with Crippen LogP contribution in [0.15, 0.2) is 46.4 Å². The Morgan fingerprint density at radius 2 is 0.902 bits per heavy atom. The highest BCUT2D eigenvalue weighted by molar-refractivity contribution is 6.14. The molecular formula is C53H82O8. The molecule has 8 heteroatoms. The minimum Gasteiger partial charge on any atom is -0.507 e. The second-order valence-electron chi connectivity index (χ2n) is 20.6. The first-order valence-corrected chi connectivity index (χ1v) is 22.8. The van der Waals surface area contributed by atoms with Crippen molar-refractivity contribution in [3.05, 3.63) is 68.7 Å². The molecule has 0 heterocycles.